The summed E-state index contributed by atoms with van der Waals surface area (Å²) in [7, 11) is 1.13. The minimum absolute atomic E-state index is 0.0794. The van der Waals surface area contributed by atoms with Crippen molar-refractivity contribution in [3.05, 3.63) is 29.3 Å². The van der Waals surface area contributed by atoms with E-state index >= 15 is 0 Å². The first-order chi connectivity index (χ1) is 7.90. The maximum absolute atomic E-state index is 12.5. The maximum Gasteiger partial charge on any atom is 0.419 e. The molecular weight excluding hydrogens is 257 g/mol. The van der Waals surface area contributed by atoms with E-state index in [0.717, 1.165) is 25.3 Å². The number of benzene rings is 1. The molecule has 0 saturated heterocycles. The molecule has 0 amide bonds. The van der Waals surface area contributed by atoms with Gasteiger partial charge in [-0.15, -0.1) is 11.6 Å². The Balaban J connectivity index is 3.13. The van der Waals surface area contributed by atoms with Gasteiger partial charge in [-0.3, -0.25) is 4.79 Å². The third kappa shape index (κ3) is 3.36. The van der Waals surface area contributed by atoms with Crippen LogP contribution < -0.4 is 4.74 Å². The van der Waals surface area contributed by atoms with Crippen LogP contribution in [0.2, 0.25) is 0 Å². The Hall–Kier alpha value is -1.23. The van der Waals surface area contributed by atoms with Gasteiger partial charge in [0, 0.05) is 17.9 Å². The van der Waals surface area contributed by atoms with Gasteiger partial charge in [0.05, 0.1) is 12.7 Å². The predicted octanol–water partition coefficient (Wildman–Crippen LogP) is 3.53. The fourth-order valence-corrected chi connectivity index (χ4v) is 1.50. The molecule has 94 valence electrons. The van der Waals surface area contributed by atoms with Gasteiger partial charge in [-0.1, -0.05) is 6.07 Å². The second kappa shape index (κ2) is 5.40. The summed E-state index contributed by atoms with van der Waals surface area (Å²) in [4.78, 5) is 11.5. The number of ketones is 1. The van der Waals surface area contributed by atoms with Gasteiger partial charge in [-0.05, 0) is 12.1 Å². The molecule has 1 aromatic rings. The number of carbonyl (C=O) groups is 1. The molecule has 0 spiro atoms. The van der Waals surface area contributed by atoms with Crippen molar-refractivity contribution in [2.45, 2.75) is 12.6 Å². The largest absolute Gasteiger partial charge is 0.496 e. The Kier molecular flexibility index (Phi) is 4.40. The number of hydrogen-bond acceptors (Lipinski definition) is 2. The van der Waals surface area contributed by atoms with Gasteiger partial charge >= 0.3 is 6.18 Å². The van der Waals surface area contributed by atoms with E-state index < -0.39 is 11.7 Å². The average molecular weight is 267 g/mol. The van der Waals surface area contributed by atoms with Crippen LogP contribution in [0.1, 0.15) is 22.3 Å². The third-order valence-corrected chi connectivity index (χ3v) is 2.34. The van der Waals surface area contributed by atoms with Gasteiger partial charge in [0.15, 0.2) is 5.78 Å². The molecule has 0 N–H and O–H groups in total. The Morgan fingerprint density at radius 3 is 2.53 bits per heavy atom. The van der Waals surface area contributed by atoms with Crippen LogP contribution >= 0.6 is 11.6 Å². The molecule has 17 heavy (non-hydrogen) atoms. The van der Waals surface area contributed by atoms with E-state index in [1.807, 2.05) is 0 Å². The van der Waals surface area contributed by atoms with Crippen molar-refractivity contribution in [2.24, 2.45) is 0 Å². The molecule has 1 rings (SSSR count). The molecule has 0 bridgehead atoms. The lowest BCUT2D eigenvalue weighted by atomic mass is 10.1. The Bertz CT molecular complexity index is 416. The number of ether oxygens (including phenoxy) is 1. The van der Waals surface area contributed by atoms with Crippen molar-refractivity contribution < 1.29 is 22.7 Å². The molecule has 0 unspecified atom stereocenters. The van der Waals surface area contributed by atoms with Crippen molar-refractivity contribution >= 4 is 17.4 Å². The highest BCUT2D eigenvalue weighted by Crippen LogP contribution is 2.36. The smallest absolute Gasteiger partial charge is 0.419 e. The molecule has 0 radical (unpaired) electrons. The number of carbonyl (C=O) groups excluding carboxylic acids is 1. The van der Waals surface area contributed by atoms with E-state index in [4.69, 9.17) is 11.6 Å². The molecule has 6 heteroatoms. The molecule has 0 heterocycles. The minimum atomic E-state index is -4.50. The summed E-state index contributed by atoms with van der Waals surface area (Å²) in [5.74, 6) is -0.549. The summed E-state index contributed by atoms with van der Waals surface area (Å²) in [5.41, 5.74) is -0.738. The highest BCUT2D eigenvalue weighted by Gasteiger charge is 2.34. The molecule has 0 atom stereocenters. The van der Waals surface area contributed by atoms with Gasteiger partial charge in [-0.25, -0.2) is 0 Å². The van der Waals surface area contributed by atoms with Crippen molar-refractivity contribution in [3.8, 4) is 5.75 Å². The second-order valence-electron chi connectivity index (χ2n) is 3.27. The zero-order valence-electron chi connectivity index (χ0n) is 8.97. The summed E-state index contributed by atoms with van der Waals surface area (Å²) >= 11 is 5.39. The van der Waals surface area contributed by atoms with Crippen LogP contribution in [0.25, 0.3) is 0 Å². The average Bonchev–Trinajstić information content (AvgIpc) is 2.27. The highest BCUT2D eigenvalue weighted by atomic mass is 35.5. The standard InChI is InChI=1S/C11H10ClF3O2/c1-17-10-6-7(9(16)4-5-12)2-3-8(10)11(13,14)15/h2-3,6H,4-5H2,1H3. The zero-order valence-corrected chi connectivity index (χ0v) is 9.73. The normalized spacial score (nSPS) is 11.4. The fourth-order valence-electron chi connectivity index (χ4n) is 1.33. The fraction of sp³-hybridized carbons (Fsp3) is 0.364. The van der Waals surface area contributed by atoms with Crippen molar-refractivity contribution in [2.75, 3.05) is 13.0 Å². The molecule has 0 fully saturated rings. The summed E-state index contributed by atoms with van der Waals surface area (Å²) in [6.07, 6.45) is -4.42. The highest BCUT2D eigenvalue weighted by molar-refractivity contribution is 6.19. The number of hydrogen-bond donors (Lipinski definition) is 0. The van der Waals surface area contributed by atoms with Crippen LogP contribution in [0.4, 0.5) is 13.2 Å². The van der Waals surface area contributed by atoms with E-state index in [9.17, 15) is 18.0 Å². The van der Waals surface area contributed by atoms with E-state index in [2.05, 4.69) is 4.74 Å². The first kappa shape index (κ1) is 13.8. The third-order valence-electron chi connectivity index (χ3n) is 2.15. The van der Waals surface area contributed by atoms with Crippen LogP contribution in [0, 0.1) is 0 Å². The van der Waals surface area contributed by atoms with Gasteiger partial charge in [0.2, 0.25) is 0 Å². The lowest BCUT2D eigenvalue weighted by molar-refractivity contribution is -0.138. The van der Waals surface area contributed by atoms with E-state index in [-0.39, 0.29) is 29.4 Å². The molecule has 0 saturated carbocycles. The predicted molar refractivity (Wildman–Crippen MR) is 57.7 cm³/mol. The monoisotopic (exact) mass is 266 g/mol. The lowest BCUT2D eigenvalue weighted by Crippen LogP contribution is -2.09. The molecule has 1 aromatic carbocycles. The Morgan fingerprint density at radius 2 is 2.06 bits per heavy atom. The summed E-state index contributed by atoms with van der Waals surface area (Å²) in [5, 5.41) is 0. The summed E-state index contributed by atoms with van der Waals surface area (Å²) < 4.78 is 42.2. The van der Waals surface area contributed by atoms with Crippen LogP contribution in [0.5, 0.6) is 5.75 Å². The van der Waals surface area contributed by atoms with Gasteiger partial charge in [-0.2, -0.15) is 13.2 Å². The lowest BCUT2D eigenvalue weighted by Gasteiger charge is -2.12. The van der Waals surface area contributed by atoms with Crippen molar-refractivity contribution in [1.29, 1.82) is 0 Å². The molecule has 0 aliphatic rings. The maximum atomic E-state index is 12.5. The van der Waals surface area contributed by atoms with Crippen LogP contribution in [-0.4, -0.2) is 18.8 Å². The molecule has 0 aliphatic heterocycles. The first-order valence-corrected chi connectivity index (χ1v) is 5.28. The van der Waals surface area contributed by atoms with E-state index in [1.165, 1.54) is 0 Å². The Morgan fingerprint density at radius 1 is 1.41 bits per heavy atom. The van der Waals surface area contributed by atoms with E-state index in [1.54, 1.807) is 0 Å². The summed E-state index contributed by atoms with van der Waals surface area (Å²) in [6.45, 7) is 0. The van der Waals surface area contributed by atoms with Crippen LogP contribution in [0.15, 0.2) is 18.2 Å². The Labute approximate surface area is 101 Å². The molecular formula is C11H10ClF3O2. The number of halogens is 4. The number of Topliss-reactive ketones (excluding diaryl/α,β-unsaturated/α-hetero) is 1. The first-order valence-electron chi connectivity index (χ1n) is 4.74. The molecule has 0 aromatic heterocycles. The van der Waals surface area contributed by atoms with Crippen LogP contribution in [0.3, 0.4) is 0 Å². The van der Waals surface area contributed by atoms with Crippen molar-refractivity contribution in [3.63, 3.8) is 0 Å². The van der Waals surface area contributed by atoms with Crippen LogP contribution in [-0.2, 0) is 6.18 Å². The number of methoxy groups -OCH3 is 1. The SMILES string of the molecule is COc1cc(C(=O)CCCl)ccc1C(F)(F)F. The number of alkyl halides is 4. The minimum Gasteiger partial charge on any atom is -0.496 e. The quantitative estimate of drug-likeness (QED) is 0.616. The van der Waals surface area contributed by atoms with Gasteiger partial charge < -0.3 is 4.74 Å². The van der Waals surface area contributed by atoms with Gasteiger partial charge in [0.25, 0.3) is 0 Å². The topological polar surface area (TPSA) is 26.3 Å². The molecule has 0 aliphatic carbocycles. The van der Waals surface area contributed by atoms with Gasteiger partial charge in [0.1, 0.15) is 5.75 Å². The zero-order chi connectivity index (χ0) is 13.1. The van der Waals surface area contributed by atoms with Crippen molar-refractivity contribution in [1.82, 2.24) is 0 Å². The summed E-state index contributed by atoms with van der Waals surface area (Å²) in [6, 6.07) is 3.04. The van der Waals surface area contributed by atoms with E-state index in [0.29, 0.717) is 0 Å². The molecule has 2 nitrogen and oxygen atoms in total. The second-order valence-corrected chi connectivity index (χ2v) is 3.65. The number of rotatable bonds is 4.